The fraction of sp³-hybridized carbons (Fsp3) is 0.400. The van der Waals surface area contributed by atoms with Crippen LogP contribution in [0.1, 0.15) is 25.3 Å². The minimum absolute atomic E-state index is 0. The summed E-state index contributed by atoms with van der Waals surface area (Å²) >= 11 is 0. The quantitative estimate of drug-likeness (QED) is 0.852. The minimum Gasteiger partial charge on any atom is -0.394 e. The number of halogens is 1. The van der Waals surface area contributed by atoms with Crippen molar-refractivity contribution >= 4 is 22.2 Å². The van der Waals surface area contributed by atoms with E-state index in [1.807, 2.05) is 0 Å². The van der Waals surface area contributed by atoms with Gasteiger partial charge in [0.15, 0.2) is 9.84 Å². The Morgan fingerprint density at radius 2 is 2.06 bits per heavy atom. The number of sulfone groups is 1. The highest BCUT2D eigenvalue weighted by atomic mass is 35.5. The van der Waals surface area contributed by atoms with Gasteiger partial charge in [0, 0.05) is 6.85 Å². The van der Waals surface area contributed by atoms with Crippen LogP contribution < -0.4 is 5.73 Å². The summed E-state index contributed by atoms with van der Waals surface area (Å²) in [6.07, 6.45) is 0. The lowest BCUT2D eigenvalue weighted by Crippen LogP contribution is -2.14. The smallest absolute Gasteiger partial charge is 0.178 e. The third-order valence-corrected chi connectivity index (χ3v) is 3.11. The molecule has 92 valence electrons. The highest BCUT2D eigenvalue weighted by Crippen LogP contribution is 2.15. The van der Waals surface area contributed by atoms with Gasteiger partial charge in [0.05, 0.1) is 23.2 Å². The van der Waals surface area contributed by atoms with E-state index in [0.717, 1.165) is 12.1 Å². The molecule has 1 atom stereocenters. The van der Waals surface area contributed by atoms with Crippen LogP contribution in [0, 0.1) is 0 Å². The van der Waals surface area contributed by atoms with Gasteiger partial charge in [-0.3, -0.25) is 0 Å². The summed E-state index contributed by atoms with van der Waals surface area (Å²) in [4.78, 5) is -0.451. The fourth-order valence-corrected chi connectivity index (χ4v) is 1.67. The van der Waals surface area contributed by atoms with Gasteiger partial charge in [-0.25, -0.2) is 8.42 Å². The summed E-state index contributed by atoms with van der Waals surface area (Å²) in [5, 5.41) is 8.88. The Balaban J connectivity index is 0.00000400. The van der Waals surface area contributed by atoms with Gasteiger partial charge in [-0.05, 0) is 17.7 Å². The SMILES string of the molecule is Cl.[2H]C([2H])([2H])C([2H])([2H])S(=O)(=O)c1ccc(C(N)CO)cc1. The maximum absolute atomic E-state index is 12.0. The Kier molecular flexibility index (Phi) is 3.28. The van der Waals surface area contributed by atoms with Gasteiger partial charge in [0.1, 0.15) is 0 Å². The standard InChI is InChI=1S/C10H15NO3S.ClH/c1-2-15(13,14)9-5-3-8(4-6-9)10(11)7-12;/h3-6,10,12H,2,7,11H2,1H3;1H/i1D3,2D2;. The largest absolute Gasteiger partial charge is 0.394 e. The van der Waals surface area contributed by atoms with E-state index in [9.17, 15) is 8.42 Å². The monoisotopic (exact) mass is 270 g/mol. The topological polar surface area (TPSA) is 80.4 Å². The molecule has 16 heavy (non-hydrogen) atoms. The van der Waals surface area contributed by atoms with Crippen LogP contribution >= 0.6 is 12.4 Å². The zero-order valence-corrected chi connectivity index (χ0v) is 9.88. The van der Waals surface area contributed by atoms with Gasteiger partial charge in [0.25, 0.3) is 0 Å². The van der Waals surface area contributed by atoms with E-state index >= 15 is 0 Å². The van der Waals surface area contributed by atoms with Gasteiger partial charge in [-0.2, -0.15) is 0 Å². The predicted molar refractivity (Wildman–Crippen MR) is 65.4 cm³/mol. The molecule has 6 heteroatoms. The van der Waals surface area contributed by atoms with E-state index in [0.29, 0.717) is 5.56 Å². The molecule has 0 spiro atoms. The van der Waals surface area contributed by atoms with Crippen LogP contribution in [0.2, 0.25) is 0 Å². The van der Waals surface area contributed by atoms with Crippen LogP contribution in [0.4, 0.5) is 0 Å². The maximum Gasteiger partial charge on any atom is 0.178 e. The number of rotatable bonds is 4. The first-order chi connectivity index (χ1) is 8.95. The van der Waals surface area contributed by atoms with Crippen LogP contribution in [-0.2, 0) is 9.84 Å². The van der Waals surface area contributed by atoms with Crippen molar-refractivity contribution in [2.45, 2.75) is 17.8 Å². The second-order valence-corrected chi connectivity index (χ2v) is 4.65. The normalized spacial score (nSPS) is 19.2. The number of benzene rings is 1. The number of aliphatic hydroxyl groups excluding tert-OH is 1. The third kappa shape index (κ3) is 3.45. The third-order valence-electron chi connectivity index (χ3n) is 1.95. The summed E-state index contributed by atoms with van der Waals surface area (Å²) in [5.41, 5.74) is 2.62. The molecule has 0 aliphatic rings. The first kappa shape index (κ1) is 8.47. The van der Waals surface area contributed by atoms with Crippen molar-refractivity contribution in [3.8, 4) is 0 Å². The molecule has 0 bridgehead atoms. The van der Waals surface area contributed by atoms with Gasteiger partial charge in [-0.1, -0.05) is 19.0 Å². The number of hydrogen-bond donors (Lipinski definition) is 2. The van der Waals surface area contributed by atoms with E-state index in [1.165, 1.54) is 12.1 Å². The van der Waals surface area contributed by atoms with Crippen LogP contribution in [0.25, 0.3) is 0 Å². The van der Waals surface area contributed by atoms with Crippen molar-refractivity contribution in [2.24, 2.45) is 5.73 Å². The Morgan fingerprint density at radius 1 is 1.50 bits per heavy atom. The lowest BCUT2D eigenvalue weighted by Gasteiger charge is -2.09. The van der Waals surface area contributed by atoms with Crippen molar-refractivity contribution in [2.75, 3.05) is 12.3 Å². The average Bonchev–Trinajstić information content (AvgIpc) is 2.36. The number of nitrogens with two attached hydrogens (primary N) is 1. The van der Waals surface area contributed by atoms with Crippen LogP contribution in [-0.4, -0.2) is 25.8 Å². The van der Waals surface area contributed by atoms with E-state index in [2.05, 4.69) is 0 Å². The van der Waals surface area contributed by atoms with Crippen LogP contribution in [0.3, 0.4) is 0 Å². The lowest BCUT2D eigenvalue weighted by atomic mass is 10.1. The molecule has 0 aliphatic carbocycles. The molecule has 1 aromatic rings. The Hall–Kier alpha value is -0.620. The van der Waals surface area contributed by atoms with Gasteiger partial charge in [0.2, 0.25) is 0 Å². The molecule has 0 radical (unpaired) electrons. The maximum atomic E-state index is 12.0. The highest BCUT2D eigenvalue weighted by Gasteiger charge is 2.12. The highest BCUT2D eigenvalue weighted by molar-refractivity contribution is 7.91. The first-order valence-corrected chi connectivity index (χ1v) is 5.64. The van der Waals surface area contributed by atoms with Crippen molar-refractivity contribution in [1.29, 1.82) is 0 Å². The summed E-state index contributed by atoms with van der Waals surface area (Å²) in [5.74, 6) is 0. The molecular weight excluding hydrogens is 250 g/mol. The second-order valence-electron chi connectivity index (χ2n) is 2.96. The molecule has 0 aliphatic heterocycles. The molecule has 1 unspecified atom stereocenters. The zero-order valence-electron chi connectivity index (χ0n) is 13.3. The van der Waals surface area contributed by atoms with Crippen molar-refractivity contribution < 1.29 is 20.4 Å². The fourth-order valence-electron chi connectivity index (χ4n) is 1.06. The second kappa shape index (κ2) is 6.20. The Labute approximate surface area is 109 Å². The molecule has 0 aromatic heterocycles. The molecule has 0 saturated heterocycles. The number of aliphatic hydroxyl groups is 1. The molecule has 1 aromatic carbocycles. The van der Waals surface area contributed by atoms with Gasteiger partial charge >= 0.3 is 0 Å². The van der Waals surface area contributed by atoms with E-state index in [1.54, 1.807) is 0 Å². The minimum atomic E-state index is -4.68. The summed E-state index contributed by atoms with van der Waals surface area (Å²) in [6.45, 7) is -3.63. The van der Waals surface area contributed by atoms with E-state index in [4.69, 9.17) is 17.7 Å². The van der Waals surface area contributed by atoms with Crippen molar-refractivity contribution in [3.63, 3.8) is 0 Å². The molecular formula is C10H16ClNO3S. The van der Waals surface area contributed by atoms with E-state index in [-0.39, 0.29) is 19.0 Å². The lowest BCUT2D eigenvalue weighted by molar-refractivity contribution is 0.268. The predicted octanol–water partition coefficient (Wildman–Crippen LogP) is 0.894. The molecule has 3 N–H and O–H groups in total. The van der Waals surface area contributed by atoms with Crippen LogP contribution in [0.15, 0.2) is 29.2 Å². The van der Waals surface area contributed by atoms with Crippen LogP contribution in [0.5, 0.6) is 0 Å². The van der Waals surface area contributed by atoms with E-state index < -0.39 is 33.3 Å². The molecule has 0 heterocycles. The van der Waals surface area contributed by atoms with Crippen molar-refractivity contribution in [3.05, 3.63) is 29.8 Å². The molecule has 4 nitrogen and oxygen atoms in total. The molecule has 0 amide bonds. The number of hydrogen-bond acceptors (Lipinski definition) is 4. The summed E-state index contributed by atoms with van der Waals surface area (Å²) < 4.78 is 59.8. The Bertz CT molecular complexity index is 573. The Morgan fingerprint density at radius 3 is 2.50 bits per heavy atom. The van der Waals surface area contributed by atoms with Gasteiger partial charge < -0.3 is 10.8 Å². The molecule has 0 saturated carbocycles. The average molecular weight is 271 g/mol. The van der Waals surface area contributed by atoms with Gasteiger partial charge in [-0.15, -0.1) is 12.4 Å². The first-order valence-electron chi connectivity index (χ1n) is 6.66. The summed E-state index contributed by atoms with van der Waals surface area (Å²) in [6, 6.07) is 4.08. The van der Waals surface area contributed by atoms with Crippen molar-refractivity contribution in [1.82, 2.24) is 0 Å². The summed E-state index contributed by atoms with van der Waals surface area (Å²) in [7, 11) is -4.68. The molecule has 1 rings (SSSR count). The molecule has 0 fully saturated rings. The zero-order chi connectivity index (χ0) is 15.8.